The summed E-state index contributed by atoms with van der Waals surface area (Å²) in [6, 6.07) is 17.2. The van der Waals surface area contributed by atoms with Crippen LogP contribution >= 0.6 is 0 Å². The van der Waals surface area contributed by atoms with Gasteiger partial charge in [-0.25, -0.2) is 0 Å². The number of benzene rings is 2. The quantitative estimate of drug-likeness (QED) is 0.535. The van der Waals surface area contributed by atoms with Crippen molar-refractivity contribution in [2.45, 2.75) is 39.7 Å². The highest BCUT2D eigenvalue weighted by molar-refractivity contribution is 5.80. The van der Waals surface area contributed by atoms with Gasteiger partial charge >= 0.3 is 0 Å². The van der Waals surface area contributed by atoms with E-state index in [1.807, 2.05) is 18.2 Å². The fraction of sp³-hybridized carbons (Fsp3) is 0.333. The van der Waals surface area contributed by atoms with E-state index in [9.17, 15) is 0 Å². The Balaban J connectivity index is 1.50. The molecular weight excluding hydrogens is 282 g/mol. The van der Waals surface area contributed by atoms with Crippen molar-refractivity contribution in [1.29, 1.82) is 0 Å². The minimum Gasteiger partial charge on any atom is -0.493 e. The van der Waals surface area contributed by atoms with E-state index >= 15 is 0 Å². The molecule has 1 aromatic heterocycles. The second-order valence-electron chi connectivity index (χ2n) is 6.08. The van der Waals surface area contributed by atoms with Crippen LogP contribution in [0.5, 0.6) is 5.75 Å². The zero-order valence-corrected chi connectivity index (χ0v) is 14.1. The van der Waals surface area contributed by atoms with Gasteiger partial charge in [0.1, 0.15) is 5.75 Å². The van der Waals surface area contributed by atoms with Gasteiger partial charge in [-0.2, -0.15) is 0 Å². The Morgan fingerprint density at radius 1 is 1.00 bits per heavy atom. The fourth-order valence-electron chi connectivity index (χ4n) is 2.95. The highest BCUT2D eigenvalue weighted by Crippen LogP contribution is 2.19. The molecule has 0 aliphatic heterocycles. The molecule has 0 N–H and O–H groups in total. The predicted molar refractivity (Wildman–Crippen MR) is 97.2 cm³/mol. The maximum absolute atomic E-state index is 5.86. The molecule has 3 aromatic rings. The molecule has 23 heavy (non-hydrogen) atoms. The first-order chi connectivity index (χ1) is 11.3. The van der Waals surface area contributed by atoms with E-state index in [4.69, 9.17) is 4.74 Å². The minimum atomic E-state index is 0.782. The van der Waals surface area contributed by atoms with Crippen LogP contribution in [0, 0.1) is 6.92 Å². The highest BCUT2D eigenvalue weighted by Gasteiger charge is 2.02. The van der Waals surface area contributed by atoms with E-state index in [-0.39, 0.29) is 0 Å². The van der Waals surface area contributed by atoms with Crippen molar-refractivity contribution in [2.75, 3.05) is 6.61 Å². The molecule has 2 aromatic carbocycles. The Kier molecular flexibility index (Phi) is 5.02. The van der Waals surface area contributed by atoms with E-state index in [0.717, 1.165) is 38.2 Å². The van der Waals surface area contributed by atoms with Gasteiger partial charge in [-0.15, -0.1) is 0 Å². The molecule has 0 amide bonds. The lowest BCUT2D eigenvalue weighted by Crippen LogP contribution is -2.02. The van der Waals surface area contributed by atoms with Crippen LogP contribution in [0.1, 0.15) is 30.9 Å². The monoisotopic (exact) mass is 307 g/mol. The molecule has 0 saturated carbocycles. The van der Waals surface area contributed by atoms with Gasteiger partial charge in [0.15, 0.2) is 0 Å². The Morgan fingerprint density at radius 3 is 2.70 bits per heavy atom. The molecule has 0 unspecified atom stereocenters. The third kappa shape index (κ3) is 3.76. The van der Waals surface area contributed by atoms with Crippen molar-refractivity contribution in [3.63, 3.8) is 0 Å². The molecular formula is C21H25NO. The Labute approximate surface area is 138 Å². The summed E-state index contributed by atoms with van der Waals surface area (Å²) in [5.74, 6) is 1.01. The molecule has 2 nitrogen and oxygen atoms in total. The van der Waals surface area contributed by atoms with Crippen LogP contribution in [-0.2, 0) is 13.0 Å². The van der Waals surface area contributed by atoms with Crippen molar-refractivity contribution >= 4 is 10.9 Å². The predicted octanol–water partition coefficient (Wildman–Crippen LogP) is 5.37. The first kappa shape index (κ1) is 15.7. The van der Waals surface area contributed by atoms with E-state index in [2.05, 4.69) is 54.9 Å². The fourth-order valence-corrected chi connectivity index (χ4v) is 2.95. The molecule has 0 aliphatic rings. The first-order valence-corrected chi connectivity index (χ1v) is 8.54. The summed E-state index contributed by atoms with van der Waals surface area (Å²) in [5.41, 5.74) is 3.94. The molecule has 0 aliphatic carbocycles. The molecule has 2 heteroatoms. The summed E-state index contributed by atoms with van der Waals surface area (Å²) >= 11 is 0. The summed E-state index contributed by atoms with van der Waals surface area (Å²) < 4.78 is 8.21. The Bertz CT molecular complexity index is 772. The number of hydrogen-bond acceptors (Lipinski definition) is 1. The van der Waals surface area contributed by atoms with Crippen molar-refractivity contribution < 1.29 is 4.74 Å². The van der Waals surface area contributed by atoms with Crippen molar-refractivity contribution in [3.8, 4) is 5.75 Å². The zero-order chi connectivity index (χ0) is 16.1. The standard InChI is InChI=1S/C21H25NO/c1-3-18-10-11-20-19(16-18)12-14-22(20)13-6-7-15-23-21-9-5-4-8-17(21)2/h4-5,8-12,14,16H,3,6-7,13,15H2,1-2H3. The average Bonchev–Trinajstić information content (AvgIpc) is 2.98. The molecule has 1 heterocycles. The second kappa shape index (κ2) is 7.36. The topological polar surface area (TPSA) is 14.2 Å². The van der Waals surface area contributed by atoms with Crippen LogP contribution in [0.2, 0.25) is 0 Å². The summed E-state index contributed by atoms with van der Waals surface area (Å²) in [4.78, 5) is 0. The Morgan fingerprint density at radius 2 is 1.87 bits per heavy atom. The van der Waals surface area contributed by atoms with Crippen LogP contribution < -0.4 is 4.74 Å². The number of aryl methyl sites for hydroxylation is 3. The van der Waals surface area contributed by atoms with Gasteiger partial charge in [-0.1, -0.05) is 31.2 Å². The van der Waals surface area contributed by atoms with Gasteiger partial charge in [-0.3, -0.25) is 0 Å². The van der Waals surface area contributed by atoms with Gasteiger partial charge in [0.05, 0.1) is 6.61 Å². The molecule has 0 spiro atoms. The third-order valence-electron chi connectivity index (χ3n) is 4.39. The number of ether oxygens (including phenoxy) is 1. The molecule has 0 radical (unpaired) electrons. The van der Waals surface area contributed by atoms with Gasteiger partial charge in [0.25, 0.3) is 0 Å². The van der Waals surface area contributed by atoms with Crippen molar-refractivity contribution in [1.82, 2.24) is 4.57 Å². The number of hydrogen-bond donors (Lipinski definition) is 0. The van der Waals surface area contributed by atoms with Crippen LogP contribution in [0.3, 0.4) is 0 Å². The number of para-hydroxylation sites is 1. The molecule has 120 valence electrons. The van der Waals surface area contributed by atoms with Crippen molar-refractivity contribution in [2.24, 2.45) is 0 Å². The van der Waals surface area contributed by atoms with Crippen LogP contribution in [0.25, 0.3) is 10.9 Å². The number of rotatable bonds is 7. The average molecular weight is 307 g/mol. The Hall–Kier alpha value is -2.22. The van der Waals surface area contributed by atoms with Gasteiger partial charge in [0, 0.05) is 18.3 Å². The van der Waals surface area contributed by atoms with Crippen molar-refractivity contribution in [3.05, 3.63) is 65.9 Å². The molecule has 0 saturated heterocycles. The molecule has 0 fully saturated rings. The second-order valence-corrected chi connectivity index (χ2v) is 6.08. The normalized spacial score (nSPS) is 11.0. The van der Waals surface area contributed by atoms with Crippen LogP contribution in [0.4, 0.5) is 0 Å². The largest absolute Gasteiger partial charge is 0.493 e. The third-order valence-corrected chi connectivity index (χ3v) is 4.39. The van der Waals surface area contributed by atoms with E-state index < -0.39 is 0 Å². The van der Waals surface area contributed by atoms with Gasteiger partial charge in [0.2, 0.25) is 0 Å². The number of nitrogens with zero attached hydrogens (tertiary/aromatic N) is 1. The molecule has 3 rings (SSSR count). The maximum Gasteiger partial charge on any atom is 0.122 e. The lowest BCUT2D eigenvalue weighted by molar-refractivity contribution is 0.301. The summed E-state index contributed by atoms with van der Waals surface area (Å²) in [6.07, 6.45) is 5.50. The smallest absolute Gasteiger partial charge is 0.122 e. The molecule has 0 atom stereocenters. The number of aromatic nitrogens is 1. The van der Waals surface area contributed by atoms with E-state index in [1.165, 1.54) is 22.0 Å². The minimum absolute atomic E-state index is 0.782. The van der Waals surface area contributed by atoms with Gasteiger partial charge in [-0.05, 0) is 67.0 Å². The SMILES string of the molecule is CCc1ccc2c(ccn2CCCCOc2ccccc2C)c1. The summed E-state index contributed by atoms with van der Waals surface area (Å²) in [7, 11) is 0. The lowest BCUT2D eigenvalue weighted by atomic mass is 10.1. The lowest BCUT2D eigenvalue weighted by Gasteiger charge is -2.09. The zero-order valence-electron chi connectivity index (χ0n) is 14.1. The maximum atomic E-state index is 5.86. The summed E-state index contributed by atoms with van der Waals surface area (Å²) in [5, 5.41) is 1.35. The van der Waals surface area contributed by atoms with E-state index in [1.54, 1.807) is 0 Å². The van der Waals surface area contributed by atoms with Gasteiger partial charge < -0.3 is 9.30 Å². The number of fused-ring (bicyclic) bond motifs is 1. The highest BCUT2D eigenvalue weighted by atomic mass is 16.5. The van der Waals surface area contributed by atoms with E-state index in [0.29, 0.717) is 0 Å². The number of unbranched alkanes of at least 4 members (excludes halogenated alkanes) is 1. The van der Waals surface area contributed by atoms with Crippen LogP contribution in [0.15, 0.2) is 54.7 Å². The summed E-state index contributed by atoms with van der Waals surface area (Å²) in [6.45, 7) is 6.12. The van der Waals surface area contributed by atoms with Crippen LogP contribution in [-0.4, -0.2) is 11.2 Å². The molecule has 0 bridgehead atoms. The first-order valence-electron chi connectivity index (χ1n) is 8.54.